The fraction of sp³-hybridized carbons (Fsp3) is 0.500. The molecule has 1 atom stereocenters. The molecule has 0 spiro atoms. The lowest BCUT2D eigenvalue weighted by Gasteiger charge is -2.19. The third-order valence-electron chi connectivity index (χ3n) is 3.47. The molecule has 1 N–H and O–H groups in total. The molecule has 5 heteroatoms. The van der Waals surface area contributed by atoms with Crippen LogP contribution in [0.1, 0.15) is 44.1 Å². The molecule has 1 unspecified atom stereocenters. The van der Waals surface area contributed by atoms with Crippen LogP contribution in [0.3, 0.4) is 0 Å². The molecule has 2 rings (SSSR count). The van der Waals surface area contributed by atoms with Crippen molar-refractivity contribution in [3.63, 3.8) is 0 Å². The minimum Gasteiger partial charge on any atom is -0.335 e. The van der Waals surface area contributed by atoms with Gasteiger partial charge in [0, 0.05) is 43.2 Å². The lowest BCUT2D eigenvalue weighted by Crippen LogP contribution is -2.26. The molecule has 2 aromatic rings. The van der Waals surface area contributed by atoms with Crippen molar-refractivity contribution >= 4 is 0 Å². The van der Waals surface area contributed by atoms with Crippen LogP contribution in [0.15, 0.2) is 30.9 Å². The second-order valence-corrected chi connectivity index (χ2v) is 5.14. The van der Waals surface area contributed by atoms with Gasteiger partial charge < -0.3 is 9.88 Å². The van der Waals surface area contributed by atoms with Gasteiger partial charge in [-0.15, -0.1) is 0 Å². The van der Waals surface area contributed by atoms with Gasteiger partial charge in [0.05, 0.1) is 6.20 Å². The average molecular weight is 290 g/mol. The van der Waals surface area contributed by atoms with Crippen LogP contribution in [-0.2, 0) is 13.0 Å². The normalized spacial score (nSPS) is 12.5. The lowest BCUT2D eigenvalue weighted by atomic mass is 10.0. The molecule has 0 bridgehead atoms. The van der Waals surface area contributed by atoms with Crippen LogP contribution in [0.5, 0.6) is 0 Å². The Kier molecular flexibility index (Phi) is 5.87. The second kappa shape index (κ2) is 7.88. The maximum absolute atomic E-state index is 14.0. The molecule has 114 valence electrons. The Morgan fingerprint density at radius 3 is 2.86 bits per heavy atom. The molecule has 21 heavy (non-hydrogen) atoms. The minimum absolute atomic E-state index is 0.0778. The van der Waals surface area contributed by atoms with E-state index < -0.39 is 0 Å². The van der Waals surface area contributed by atoms with E-state index in [4.69, 9.17) is 0 Å². The van der Waals surface area contributed by atoms with Gasteiger partial charge in [-0.05, 0) is 25.5 Å². The quantitative estimate of drug-likeness (QED) is 0.812. The summed E-state index contributed by atoms with van der Waals surface area (Å²) in [5.41, 5.74) is 0.657. The van der Waals surface area contributed by atoms with Crippen LogP contribution >= 0.6 is 0 Å². The number of rotatable bonds is 8. The van der Waals surface area contributed by atoms with Crippen LogP contribution < -0.4 is 5.32 Å². The largest absolute Gasteiger partial charge is 0.335 e. The number of aryl methyl sites for hydroxylation is 1. The van der Waals surface area contributed by atoms with Gasteiger partial charge in [0.25, 0.3) is 0 Å². The smallest absolute Gasteiger partial charge is 0.146 e. The number of halogens is 1. The molecule has 0 radical (unpaired) electrons. The summed E-state index contributed by atoms with van der Waals surface area (Å²) in [5.74, 6) is 0.723. The van der Waals surface area contributed by atoms with Crippen molar-refractivity contribution in [2.24, 2.45) is 0 Å². The van der Waals surface area contributed by atoms with Gasteiger partial charge in [0.1, 0.15) is 11.6 Å². The molecule has 0 saturated carbocycles. The van der Waals surface area contributed by atoms with Crippen LogP contribution in [0.25, 0.3) is 0 Å². The third kappa shape index (κ3) is 4.11. The fourth-order valence-corrected chi connectivity index (χ4v) is 2.44. The van der Waals surface area contributed by atoms with Crippen LogP contribution in [0.2, 0.25) is 0 Å². The van der Waals surface area contributed by atoms with Gasteiger partial charge in [-0.1, -0.05) is 13.8 Å². The Hall–Kier alpha value is -1.75. The number of nitrogens with one attached hydrogen (secondary N) is 1. The highest BCUT2D eigenvalue weighted by Gasteiger charge is 2.18. The monoisotopic (exact) mass is 290 g/mol. The Bertz CT molecular complexity index is 553. The summed E-state index contributed by atoms with van der Waals surface area (Å²) in [5, 5.41) is 3.41. The number of imidazole rings is 1. The van der Waals surface area contributed by atoms with Gasteiger partial charge in [0.2, 0.25) is 0 Å². The first-order chi connectivity index (χ1) is 10.3. The Labute approximate surface area is 125 Å². The number of pyridine rings is 1. The molecule has 2 aromatic heterocycles. The molecular formula is C16H23FN4. The topological polar surface area (TPSA) is 42.7 Å². The van der Waals surface area contributed by atoms with Crippen molar-refractivity contribution in [2.75, 3.05) is 6.54 Å². The highest BCUT2D eigenvalue weighted by atomic mass is 19.1. The van der Waals surface area contributed by atoms with E-state index in [0.717, 1.165) is 31.8 Å². The van der Waals surface area contributed by atoms with E-state index in [2.05, 4.69) is 33.7 Å². The third-order valence-corrected chi connectivity index (χ3v) is 3.47. The summed E-state index contributed by atoms with van der Waals surface area (Å²) >= 11 is 0. The predicted molar refractivity (Wildman–Crippen MR) is 81.5 cm³/mol. The van der Waals surface area contributed by atoms with E-state index >= 15 is 0 Å². The summed E-state index contributed by atoms with van der Waals surface area (Å²) in [6, 6.07) is 1.67. The van der Waals surface area contributed by atoms with Crippen LogP contribution in [0, 0.1) is 5.82 Å². The highest BCUT2D eigenvalue weighted by molar-refractivity contribution is 5.19. The van der Waals surface area contributed by atoms with Crippen molar-refractivity contribution in [3.05, 3.63) is 48.1 Å². The lowest BCUT2D eigenvalue weighted by molar-refractivity contribution is 0.476. The first-order valence-corrected chi connectivity index (χ1v) is 7.59. The molecule has 0 saturated heterocycles. The average Bonchev–Trinajstić information content (AvgIpc) is 2.92. The first-order valence-electron chi connectivity index (χ1n) is 7.59. The minimum atomic E-state index is -0.264. The van der Waals surface area contributed by atoms with Gasteiger partial charge in [-0.25, -0.2) is 9.37 Å². The fourth-order valence-electron chi connectivity index (χ4n) is 2.44. The zero-order valence-corrected chi connectivity index (χ0v) is 12.7. The number of nitrogens with zero attached hydrogens (tertiary/aromatic N) is 3. The van der Waals surface area contributed by atoms with E-state index in [1.807, 2.05) is 12.4 Å². The molecule has 2 heterocycles. The first kappa shape index (κ1) is 15.6. The summed E-state index contributed by atoms with van der Waals surface area (Å²) in [6.07, 6.45) is 9.44. The van der Waals surface area contributed by atoms with Crippen LogP contribution in [0.4, 0.5) is 4.39 Å². The zero-order valence-electron chi connectivity index (χ0n) is 12.7. The number of aromatic nitrogens is 3. The molecule has 4 nitrogen and oxygen atoms in total. The Morgan fingerprint density at radius 1 is 1.29 bits per heavy atom. The van der Waals surface area contributed by atoms with Gasteiger partial charge in [-0.2, -0.15) is 0 Å². The van der Waals surface area contributed by atoms with Crippen molar-refractivity contribution in [3.8, 4) is 0 Å². The summed E-state index contributed by atoms with van der Waals surface area (Å²) < 4.78 is 16.2. The van der Waals surface area contributed by atoms with E-state index in [-0.39, 0.29) is 11.9 Å². The number of hydrogen-bond acceptors (Lipinski definition) is 3. The van der Waals surface area contributed by atoms with Gasteiger partial charge in [0.15, 0.2) is 0 Å². The molecule has 0 amide bonds. The van der Waals surface area contributed by atoms with E-state index in [1.165, 1.54) is 6.20 Å². The highest BCUT2D eigenvalue weighted by Crippen LogP contribution is 2.20. The van der Waals surface area contributed by atoms with E-state index in [9.17, 15) is 4.39 Å². The van der Waals surface area contributed by atoms with Crippen molar-refractivity contribution in [2.45, 2.75) is 45.7 Å². The standard InChI is InChI=1S/C16H23FN4/c1-3-6-19-15(13-5-7-18-12-14(13)17)11-16-20-8-10-21(16)9-4-2/h5,7-8,10,12,15,19H,3-4,6,9,11H2,1-2H3. The maximum Gasteiger partial charge on any atom is 0.146 e. The SMILES string of the molecule is CCCNC(Cc1nccn1CCC)c1ccncc1F. The second-order valence-electron chi connectivity index (χ2n) is 5.14. The van der Waals surface area contributed by atoms with E-state index in [1.54, 1.807) is 12.3 Å². The Balaban J connectivity index is 2.20. The van der Waals surface area contributed by atoms with Crippen molar-refractivity contribution in [1.29, 1.82) is 0 Å². The van der Waals surface area contributed by atoms with Crippen LogP contribution in [-0.4, -0.2) is 21.1 Å². The molecule has 0 fully saturated rings. The van der Waals surface area contributed by atoms with Gasteiger partial charge >= 0.3 is 0 Å². The predicted octanol–water partition coefficient (Wildman–Crippen LogP) is 3.11. The zero-order chi connectivity index (χ0) is 15.1. The van der Waals surface area contributed by atoms with E-state index in [0.29, 0.717) is 12.0 Å². The number of hydrogen-bond donors (Lipinski definition) is 1. The molecule has 0 aliphatic heterocycles. The van der Waals surface area contributed by atoms with Gasteiger partial charge in [-0.3, -0.25) is 4.98 Å². The Morgan fingerprint density at radius 2 is 2.14 bits per heavy atom. The molecule has 0 aliphatic rings. The summed E-state index contributed by atoms with van der Waals surface area (Å²) in [7, 11) is 0. The molecular weight excluding hydrogens is 267 g/mol. The molecule has 0 aliphatic carbocycles. The van der Waals surface area contributed by atoms with Crippen molar-refractivity contribution in [1.82, 2.24) is 19.9 Å². The molecule has 0 aromatic carbocycles. The van der Waals surface area contributed by atoms with Crippen molar-refractivity contribution < 1.29 is 4.39 Å². The summed E-state index contributed by atoms with van der Waals surface area (Å²) in [6.45, 7) is 6.03. The summed E-state index contributed by atoms with van der Waals surface area (Å²) in [4.78, 5) is 8.25. The maximum atomic E-state index is 14.0.